The highest BCUT2D eigenvalue weighted by molar-refractivity contribution is 5.70. The summed E-state index contributed by atoms with van der Waals surface area (Å²) in [6.45, 7) is 4.16. The molecule has 1 atom stereocenters. The first-order chi connectivity index (χ1) is 4.39. The minimum Gasteiger partial charge on any atom is -0.391 e. The van der Waals surface area contributed by atoms with Crippen molar-refractivity contribution in [1.82, 2.24) is 5.32 Å². The Morgan fingerprint density at radius 2 is 2.56 bits per heavy atom. The predicted octanol–water partition coefficient (Wildman–Crippen LogP) is 0.810. The number of nitrogens with zero attached hydrogens (tertiary/aromatic N) is 1. The van der Waals surface area contributed by atoms with Crippen LogP contribution in [0.5, 0.6) is 0 Å². The van der Waals surface area contributed by atoms with E-state index in [1.165, 1.54) is 0 Å². The Morgan fingerprint density at radius 1 is 1.67 bits per heavy atom. The summed E-state index contributed by atoms with van der Waals surface area (Å²) >= 11 is 0. The van der Waals surface area contributed by atoms with Gasteiger partial charge < -0.3 is 5.32 Å². The molecule has 0 saturated carbocycles. The monoisotopic (exact) mass is 124 g/mol. The van der Waals surface area contributed by atoms with Crippen LogP contribution in [0.1, 0.15) is 6.92 Å². The fourth-order valence-electron chi connectivity index (χ4n) is 0.747. The van der Waals surface area contributed by atoms with Gasteiger partial charge in [-0.05, 0) is 18.2 Å². The lowest BCUT2D eigenvalue weighted by Crippen LogP contribution is -2.18. The SMILES string of the molecule is CC1C/N=C\C=C/NC1. The summed E-state index contributed by atoms with van der Waals surface area (Å²) in [6, 6.07) is 0. The van der Waals surface area contributed by atoms with Crippen LogP contribution < -0.4 is 5.32 Å². The lowest BCUT2D eigenvalue weighted by atomic mass is 10.2. The van der Waals surface area contributed by atoms with E-state index in [1.54, 1.807) is 0 Å². The van der Waals surface area contributed by atoms with Crippen molar-refractivity contribution in [3.8, 4) is 0 Å². The largest absolute Gasteiger partial charge is 0.391 e. The second kappa shape index (κ2) is 3.28. The molecule has 50 valence electrons. The van der Waals surface area contributed by atoms with Crippen LogP contribution in [0.25, 0.3) is 0 Å². The molecule has 1 aliphatic rings. The van der Waals surface area contributed by atoms with E-state index in [4.69, 9.17) is 0 Å². The van der Waals surface area contributed by atoms with Gasteiger partial charge in [0, 0.05) is 19.3 Å². The first kappa shape index (κ1) is 6.33. The molecule has 2 heteroatoms. The van der Waals surface area contributed by atoms with Crippen LogP contribution in [-0.2, 0) is 0 Å². The van der Waals surface area contributed by atoms with Crippen molar-refractivity contribution in [2.45, 2.75) is 6.92 Å². The second-order valence-corrected chi connectivity index (χ2v) is 2.39. The van der Waals surface area contributed by atoms with E-state index in [0.717, 1.165) is 13.1 Å². The van der Waals surface area contributed by atoms with Gasteiger partial charge in [-0.15, -0.1) is 0 Å². The minimum atomic E-state index is 0.659. The van der Waals surface area contributed by atoms with E-state index in [2.05, 4.69) is 17.2 Å². The summed E-state index contributed by atoms with van der Waals surface area (Å²) in [5.74, 6) is 0.659. The van der Waals surface area contributed by atoms with Gasteiger partial charge in [-0.2, -0.15) is 0 Å². The van der Waals surface area contributed by atoms with E-state index in [9.17, 15) is 0 Å². The van der Waals surface area contributed by atoms with Crippen molar-refractivity contribution in [2.75, 3.05) is 13.1 Å². The van der Waals surface area contributed by atoms with Gasteiger partial charge in [0.2, 0.25) is 0 Å². The van der Waals surface area contributed by atoms with E-state index in [0.29, 0.717) is 5.92 Å². The molecule has 0 aromatic heterocycles. The Labute approximate surface area is 55.7 Å². The van der Waals surface area contributed by atoms with E-state index >= 15 is 0 Å². The maximum Gasteiger partial charge on any atom is 0.0431 e. The smallest absolute Gasteiger partial charge is 0.0431 e. The van der Waals surface area contributed by atoms with Crippen LogP contribution in [0.2, 0.25) is 0 Å². The van der Waals surface area contributed by atoms with Gasteiger partial charge in [-0.1, -0.05) is 6.92 Å². The van der Waals surface area contributed by atoms with E-state index in [1.807, 2.05) is 18.5 Å². The zero-order valence-electron chi connectivity index (χ0n) is 5.67. The third kappa shape index (κ3) is 2.31. The Kier molecular flexibility index (Phi) is 2.31. The number of hydrogen-bond donors (Lipinski definition) is 1. The van der Waals surface area contributed by atoms with Gasteiger partial charge in [-0.25, -0.2) is 0 Å². The Hall–Kier alpha value is -0.790. The third-order valence-electron chi connectivity index (χ3n) is 1.29. The van der Waals surface area contributed by atoms with Gasteiger partial charge in [0.15, 0.2) is 0 Å². The van der Waals surface area contributed by atoms with Crippen molar-refractivity contribution in [2.24, 2.45) is 10.9 Å². The zero-order chi connectivity index (χ0) is 6.53. The molecular weight excluding hydrogens is 112 g/mol. The molecule has 0 aromatic rings. The van der Waals surface area contributed by atoms with Crippen LogP contribution in [0.3, 0.4) is 0 Å². The highest BCUT2D eigenvalue weighted by atomic mass is 14.9. The fraction of sp³-hybridized carbons (Fsp3) is 0.571. The van der Waals surface area contributed by atoms with Crippen molar-refractivity contribution in [3.05, 3.63) is 12.3 Å². The summed E-state index contributed by atoms with van der Waals surface area (Å²) < 4.78 is 0. The normalized spacial score (nSPS) is 33.7. The number of aliphatic imine (C=N–C) groups is 1. The average Bonchev–Trinajstić information content (AvgIpc) is 1.79. The third-order valence-corrected chi connectivity index (χ3v) is 1.29. The maximum atomic E-state index is 4.16. The van der Waals surface area contributed by atoms with Crippen LogP contribution in [0, 0.1) is 5.92 Å². The molecule has 0 aliphatic carbocycles. The standard InChI is InChI=1S/C7H12N2/c1-7-5-8-3-2-4-9-6-7/h2-4,7-8H,5-6H2,1H3/b3-2-,9-4-. The maximum absolute atomic E-state index is 4.16. The molecule has 1 unspecified atom stereocenters. The molecule has 0 saturated heterocycles. The van der Waals surface area contributed by atoms with Crippen LogP contribution in [0.4, 0.5) is 0 Å². The summed E-state index contributed by atoms with van der Waals surface area (Å²) in [4.78, 5) is 4.16. The van der Waals surface area contributed by atoms with Crippen molar-refractivity contribution >= 4 is 6.21 Å². The quantitative estimate of drug-likeness (QED) is 0.507. The van der Waals surface area contributed by atoms with Gasteiger partial charge in [0.05, 0.1) is 0 Å². The van der Waals surface area contributed by atoms with Crippen LogP contribution in [0.15, 0.2) is 17.3 Å². The van der Waals surface area contributed by atoms with Gasteiger partial charge in [-0.3, -0.25) is 4.99 Å². The summed E-state index contributed by atoms with van der Waals surface area (Å²) in [5, 5.41) is 3.17. The predicted molar refractivity (Wildman–Crippen MR) is 39.7 cm³/mol. The molecule has 0 amide bonds. The van der Waals surface area contributed by atoms with Gasteiger partial charge in [0.1, 0.15) is 0 Å². The highest BCUT2D eigenvalue weighted by Gasteiger charge is 1.97. The molecule has 1 aliphatic heterocycles. The Balaban J connectivity index is 2.40. The second-order valence-electron chi connectivity index (χ2n) is 2.39. The first-order valence-corrected chi connectivity index (χ1v) is 3.28. The lowest BCUT2D eigenvalue weighted by molar-refractivity contribution is 0.568. The van der Waals surface area contributed by atoms with Crippen LogP contribution in [-0.4, -0.2) is 19.3 Å². The molecule has 0 spiro atoms. The number of hydrogen-bond acceptors (Lipinski definition) is 2. The molecule has 0 bridgehead atoms. The Bertz CT molecular complexity index is 127. The molecule has 0 fully saturated rings. The Morgan fingerprint density at radius 3 is 3.44 bits per heavy atom. The van der Waals surface area contributed by atoms with Crippen molar-refractivity contribution < 1.29 is 0 Å². The average molecular weight is 124 g/mol. The number of rotatable bonds is 0. The first-order valence-electron chi connectivity index (χ1n) is 3.28. The minimum absolute atomic E-state index is 0.659. The van der Waals surface area contributed by atoms with Gasteiger partial charge >= 0.3 is 0 Å². The topological polar surface area (TPSA) is 24.4 Å². The van der Waals surface area contributed by atoms with Gasteiger partial charge in [0.25, 0.3) is 0 Å². The zero-order valence-corrected chi connectivity index (χ0v) is 5.67. The van der Waals surface area contributed by atoms with Crippen molar-refractivity contribution in [3.63, 3.8) is 0 Å². The molecule has 1 N–H and O–H groups in total. The number of nitrogens with one attached hydrogen (secondary N) is 1. The molecule has 1 heterocycles. The highest BCUT2D eigenvalue weighted by Crippen LogP contribution is 1.93. The van der Waals surface area contributed by atoms with E-state index < -0.39 is 0 Å². The fourth-order valence-corrected chi connectivity index (χ4v) is 0.747. The number of allylic oxidation sites excluding steroid dienone is 1. The molecule has 2 nitrogen and oxygen atoms in total. The molecule has 0 aromatic carbocycles. The molecule has 9 heavy (non-hydrogen) atoms. The summed E-state index contributed by atoms with van der Waals surface area (Å²) in [7, 11) is 0. The molecule has 0 radical (unpaired) electrons. The summed E-state index contributed by atoms with van der Waals surface area (Å²) in [6.07, 6.45) is 5.69. The molecule has 1 rings (SSSR count). The lowest BCUT2D eigenvalue weighted by Gasteiger charge is -2.08. The van der Waals surface area contributed by atoms with Crippen LogP contribution >= 0.6 is 0 Å². The van der Waals surface area contributed by atoms with Crippen molar-refractivity contribution in [1.29, 1.82) is 0 Å². The summed E-state index contributed by atoms with van der Waals surface area (Å²) in [5.41, 5.74) is 0. The van der Waals surface area contributed by atoms with E-state index in [-0.39, 0.29) is 0 Å². The molecular formula is C7H12N2.